The van der Waals surface area contributed by atoms with Crippen LogP contribution in [0, 0.1) is 6.92 Å². The maximum Gasteiger partial charge on any atom is 0.231 e. The van der Waals surface area contributed by atoms with Gasteiger partial charge in [0, 0.05) is 13.2 Å². The third kappa shape index (κ3) is 4.01. The first-order chi connectivity index (χ1) is 13.1. The standard InChI is InChI=1S/C23H29NO3/c1-4-20(18-10-11-21(26-3)17(2)16-18)24-22(25)23(12-14-27-15-13-23)19-8-6-5-7-9-19/h5-11,16,20H,4,12-15H2,1-3H3,(H,24,25)/t20-/m0/s1. The minimum atomic E-state index is -0.519. The highest BCUT2D eigenvalue weighted by atomic mass is 16.5. The lowest BCUT2D eigenvalue weighted by Gasteiger charge is -2.37. The van der Waals surface area contributed by atoms with Gasteiger partial charge in [-0.1, -0.05) is 49.4 Å². The fourth-order valence-corrected chi connectivity index (χ4v) is 3.96. The van der Waals surface area contributed by atoms with Crippen LogP contribution in [0.25, 0.3) is 0 Å². The van der Waals surface area contributed by atoms with Crippen LogP contribution in [0.3, 0.4) is 0 Å². The van der Waals surface area contributed by atoms with Gasteiger partial charge in [0.1, 0.15) is 5.75 Å². The van der Waals surface area contributed by atoms with E-state index in [1.165, 1.54) is 0 Å². The molecule has 1 aliphatic rings. The van der Waals surface area contributed by atoms with Gasteiger partial charge in [-0.25, -0.2) is 0 Å². The molecule has 27 heavy (non-hydrogen) atoms. The monoisotopic (exact) mass is 367 g/mol. The van der Waals surface area contributed by atoms with Crippen molar-refractivity contribution < 1.29 is 14.3 Å². The molecule has 1 atom stereocenters. The summed E-state index contributed by atoms with van der Waals surface area (Å²) in [6.45, 7) is 5.35. The third-order valence-electron chi connectivity index (χ3n) is 5.64. The van der Waals surface area contributed by atoms with Crippen molar-refractivity contribution in [2.45, 2.75) is 44.6 Å². The minimum absolute atomic E-state index is 0.0226. The zero-order chi connectivity index (χ0) is 19.3. The number of carbonyl (C=O) groups is 1. The number of rotatable bonds is 6. The molecular weight excluding hydrogens is 338 g/mol. The molecule has 0 aliphatic carbocycles. The molecule has 0 unspecified atom stereocenters. The molecule has 144 valence electrons. The Labute approximate surface area is 161 Å². The zero-order valence-electron chi connectivity index (χ0n) is 16.5. The molecule has 1 amide bonds. The molecule has 2 aromatic carbocycles. The second-order valence-electron chi connectivity index (χ2n) is 7.22. The van der Waals surface area contributed by atoms with Crippen LogP contribution >= 0.6 is 0 Å². The first kappa shape index (κ1) is 19.4. The van der Waals surface area contributed by atoms with Crippen LogP contribution in [0.1, 0.15) is 48.9 Å². The maximum absolute atomic E-state index is 13.5. The van der Waals surface area contributed by atoms with E-state index in [9.17, 15) is 4.79 Å². The smallest absolute Gasteiger partial charge is 0.231 e. The van der Waals surface area contributed by atoms with Crippen molar-refractivity contribution in [3.8, 4) is 5.75 Å². The number of nitrogens with one attached hydrogen (secondary N) is 1. The van der Waals surface area contributed by atoms with Gasteiger partial charge in [0.25, 0.3) is 0 Å². The highest BCUT2D eigenvalue weighted by Crippen LogP contribution is 2.36. The molecule has 1 N–H and O–H groups in total. The topological polar surface area (TPSA) is 47.6 Å². The van der Waals surface area contributed by atoms with Crippen molar-refractivity contribution >= 4 is 5.91 Å². The molecule has 0 radical (unpaired) electrons. The molecule has 4 heteroatoms. The van der Waals surface area contributed by atoms with E-state index in [0.29, 0.717) is 26.1 Å². The van der Waals surface area contributed by atoms with Gasteiger partial charge < -0.3 is 14.8 Å². The normalized spacial score (nSPS) is 17.1. The summed E-state index contributed by atoms with van der Waals surface area (Å²) < 4.78 is 10.9. The van der Waals surface area contributed by atoms with Crippen molar-refractivity contribution in [2.75, 3.05) is 20.3 Å². The summed E-state index contributed by atoms with van der Waals surface area (Å²) in [5, 5.41) is 3.32. The van der Waals surface area contributed by atoms with E-state index in [4.69, 9.17) is 9.47 Å². The molecule has 1 aliphatic heterocycles. The Balaban J connectivity index is 1.87. The van der Waals surface area contributed by atoms with Crippen molar-refractivity contribution in [2.24, 2.45) is 0 Å². The molecule has 4 nitrogen and oxygen atoms in total. The second-order valence-corrected chi connectivity index (χ2v) is 7.22. The van der Waals surface area contributed by atoms with Gasteiger partial charge in [0.15, 0.2) is 0 Å². The van der Waals surface area contributed by atoms with Crippen molar-refractivity contribution in [1.29, 1.82) is 0 Å². The Morgan fingerprint density at radius 1 is 1.19 bits per heavy atom. The van der Waals surface area contributed by atoms with Gasteiger partial charge in [0.2, 0.25) is 5.91 Å². The van der Waals surface area contributed by atoms with Gasteiger partial charge in [-0.2, -0.15) is 0 Å². The van der Waals surface area contributed by atoms with Crippen LogP contribution in [0.4, 0.5) is 0 Å². The zero-order valence-corrected chi connectivity index (χ0v) is 16.5. The summed E-state index contributed by atoms with van der Waals surface area (Å²) >= 11 is 0. The summed E-state index contributed by atoms with van der Waals surface area (Å²) in [5.41, 5.74) is 2.74. The first-order valence-corrected chi connectivity index (χ1v) is 9.69. The number of methoxy groups -OCH3 is 1. The molecule has 3 rings (SSSR count). The Morgan fingerprint density at radius 2 is 1.89 bits per heavy atom. The molecule has 1 saturated heterocycles. The Hall–Kier alpha value is -2.33. The van der Waals surface area contributed by atoms with E-state index in [-0.39, 0.29) is 11.9 Å². The molecule has 0 aromatic heterocycles. The molecule has 0 saturated carbocycles. The van der Waals surface area contributed by atoms with Crippen LogP contribution < -0.4 is 10.1 Å². The number of aryl methyl sites for hydroxylation is 1. The van der Waals surface area contributed by atoms with Crippen LogP contribution in [0.2, 0.25) is 0 Å². The number of ether oxygens (including phenoxy) is 2. The lowest BCUT2D eigenvalue weighted by molar-refractivity contribution is -0.131. The van der Waals surface area contributed by atoms with Crippen molar-refractivity contribution in [1.82, 2.24) is 5.32 Å². The fraction of sp³-hybridized carbons (Fsp3) is 0.435. The van der Waals surface area contributed by atoms with Gasteiger partial charge in [0.05, 0.1) is 18.6 Å². The summed E-state index contributed by atoms with van der Waals surface area (Å²) in [6, 6.07) is 16.2. The van der Waals surface area contributed by atoms with Crippen LogP contribution in [-0.2, 0) is 14.9 Å². The summed E-state index contributed by atoms with van der Waals surface area (Å²) in [6.07, 6.45) is 2.25. The van der Waals surface area contributed by atoms with E-state index >= 15 is 0 Å². The molecular formula is C23H29NO3. The fourth-order valence-electron chi connectivity index (χ4n) is 3.96. The largest absolute Gasteiger partial charge is 0.496 e. The first-order valence-electron chi connectivity index (χ1n) is 9.69. The predicted octanol–water partition coefficient (Wildman–Crippen LogP) is 4.32. The number of benzene rings is 2. The van der Waals surface area contributed by atoms with Crippen molar-refractivity contribution in [3.05, 3.63) is 65.2 Å². The summed E-state index contributed by atoms with van der Waals surface area (Å²) in [4.78, 5) is 13.5. The van der Waals surface area contributed by atoms with E-state index in [0.717, 1.165) is 28.9 Å². The molecule has 1 heterocycles. The second kappa shape index (κ2) is 8.57. The van der Waals surface area contributed by atoms with Gasteiger partial charge in [-0.05, 0) is 48.9 Å². The van der Waals surface area contributed by atoms with E-state index < -0.39 is 5.41 Å². The number of hydrogen-bond acceptors (Lipinski definition) is 3. The summed E-state index contributed by atoms with van der Waals surface area (Å²) in [7, 11) is 1.68. The highest BCUT2D eigenvalue weighted by Gasteiger charge is 2.42. The van der Waals surface area contributed by atoms with Gasteiger partial charge in [-0.15, -0.1) is 0 Å². The molecule has 0 spiro atoms. The molecule has 0 bridgehead atoms. The predicted molar refractivity (Wildman–Crippen MR) is 107 cm³/mol. The van der Waals surface area contributed by atoms with Crippen molar-refractivity contribution in [3.63, 3.8) is 0 Å². The lowest BCUT2D eigenvalue weighted by Crippen LogP contribution is -2.49. The van der Waals surface area contributed by atoms with Gasteiger partial charge >= 0.3 is 0 Å². The SMILES string of the molecule is CC[C@H](NC(=O)C1(c2ccccc2)CCOCC1)c1ccc(OC)c(C)c1. The van der Waals surface area contributed by atoms with Crippen LogP contribution in [0.15, 0.2) is 48.5 Å². The highest BCUT2D eigenvalue weighted by molar-refractivity contribution is 5.88. The quantitative estimate of drug-likeness (QED) is 0.827. The van der Waals surface area contributed by atoms with E-state index in [1.54, 1.807) is 7.11 Å². The average Bonchev–Trinajstić information content (AvgIpc) is 2.73. The number of hydrogen-bond donors (Lipinski definition) is 1. The van der Waals surface area contributed by atoms with Crippen LogP contribution in [0.5, 0.6) is 5.75 Å². The minimum Gasteiger partial charge on any atom is -0.496 e. The summed E-state index contributed by atoms with van der Waals surface area (Å²) in [5.74, 6) is 0.961. The number of carbonyl (C=O) groups excluding carboxylic acids is 1. The van der Waals surface area contributed by atoms with Gasteiger partial charge in [-0.3, -0.25) is 4.79 Å². The van der Waals surface area contributed by atoms with Crippen LogP contribution in [-0.4, -0.2) is 26.2 Å². The Bertz CT molecular complexity index is 766. The lowest BCUT2D eigenvalue weighted by atomic mass is 9.73. The Morgan fingerprint density at radius 3 is 2.48 bits per heavy atom. The average molecular weight is 367 g/mol. The Kier molecular flexibility index (Phi) is 6.17. The third-order valence-corrected chi connectivity index (χ3v) is 5.64. The molecule has 2 aromatic rings. The van der Waals surface area contributed by atoms with E-state index in [2.05, 4.69) is 30.4 Å². The van der Waals surface area contributed by atoms with E-state index in [1.807, 2.05) is 37.3 Å². The molecule has 1 fully saturated rings. The number of amides is 1. The maximum atomic E-state index is 13.5.